The quantitative estimate of drug-likeness (QED) is 0.815. The number of fused-ring (bicyclic) bond motifs is 1. The number of hydrogen-bond acceptors (Lipinski definition) is 6. The van der Waals surface area contributed by atoms with Crippen molar-refractivity contribution < 1.29 is 4.79 Å². The Balaban J connectivity index is 2.00. The summed E-state index contributed by atoms with van der Waals surface area (Å²) >= 11 is 0. The zero-order valence-corrected chi connectivity index (χ0v) is 10.7. The molecule has 7 heteroatoms. The van der Waals surface area contributed by atoms with Crippen molar-refractivity contribution in [3.63, 3.8) is 0 Å². The number of nitrogens with zero attached hydrogens (tertiary/aromatic N) is 4. The Morgan fingerprint density at radius 3 is 2.75 bits per heavy atom. The molecule has 1 amide bonds. The first-order valence-electron chi connectivity index (χ1n) is 6.23. The van der Waals surface area contributed by atoms with Gasteiger partial charge in [0, 0.05) is 6.54 Å². The summed E-state index contributed by atoms with van der Waals surface area (Å²) in [5, 5.41) is 2.78. The Morgan fingerprint density at radius 2 is 2.05 bits per heavy atom. The number of amides is 1. The first-order chi connectivity index (χ1) is 9.72. The second kappa shape index (κ2) is 4.76. The van der Waals surface area contributed by atoms with Gasteiger partial charge in [0.05, 0.1) is 13.1 Å². The van der Waals surface area contributed by atoms with Crippen LogP contribution in [0.25, 0.3) is 0 Å². The van der Waals surface area contributed by atoms with Crippen LogP contribution in [0, 0.1) is 4.91 Å². The van der Waals surface area contributed by atoms with Crippen molar-refractivity contribution in [2.24, 2.45) is 15.9 Å². The van der Waals surface area contributed by atoms with Crippen LogP contribution in [0.4, 0.5) is 0 Å². The van der Waals surface area contributed by atoms with Crippen LogP contribution in [-0.4, -0.2) is 34.8 Å². The van der Waals surface area contributed by atoms with Crippen LogP contribution in [0.15, 0.2) is 52.0 Å². The lowest BCUT2D eigenvalue weighted by atomic mass is 10.2. The van der Waals surface area contributed by atoms with E-state index in [2.05, 4.69) is 10.2 Å². The summed E-state index contributed by atoms with van der Waals surface area (Å²) in [4.78, 5) is 30.3. The van der Waals surface area contributed by atoms with E-state index in [1.807, 2.05) is 30.3 Å². The molecule has 0 bridgehead atoms. The van der Waals surface area contributed by atoms with Gasteiger partial charge in [0.1, 0.15) is 5.82 Å². The van der Waals surface area contributed by atoms with Gasteiger partial charge in [0.2, 0.25) is 11.7 Å². The summed E-state index contributed by atoms with van der Waals surface area (Å²) < 4.78 is 0. The third kappa shape index (κ3) is 1.83. The summed E-state index contributed by atoms with van der Waals surface area (Å²) in [6, 6.07) is 9.63. The monoisotopic (exact) mass is 271 g/mol. The molecule has 0 spiro atoms. The molecule has 20 heavy (non-hydrogen) atoms. The molecule has 1 aromatic carbocycles. The molecule has 0 fully saturated rings. The Hall–Kier alpha value is -2.70. The number of nitrogens with two attached hydrogens (primary N) is 1. The fourth-order valence-corrected chi connectivity index (χ4v) is 2.34. The van der Waals surface area contributed by atoms with Gasteiger partial charge in [0.15, 0.2) is 0 Å². The molecule has 2 aliphatic heterocycles. The average molecular weight is 271 g/mol. The molecule has 0 aromatic heterocycles. The highest BCUT2D eigenvalue weighted by atomic mass is 16.3. The fourth-order valence-electron chi connectivity index (χ4n) is 2.34. The minimum absolute atomic E-state index is 0.0609. The van der Waals surface area contributed by atoms with Crippen LogP contribution in [0.1, 0.15) is 5.56 Å². The molecule has 0 atom stereocenters. The largest absolute Gasteiger partial charge is 0.383 e. The maximum Gasteiger partial charge on any atom is 0.286 e. The van der Waals surface area contributed by atoms with Gasteiger partial charge in [-0.2, -0.15) is 0 Å². The Bertz CT molecular complexity index is 623. The lowest BCUT2D eigenvalue weighted by molar-refractivity contribution is -0.124. The number of aliphatic imine (C=N–C) groups is 1. The van der Waals surface area contributed by atoms with E-state index in [4.69, 9.17) is 5.73 Å². The number of hydrogen-bond donors (Lipinski definition) is 1. The molecular weight excluding hydrogens is 258 g/mol. The first-order valence-corrected chi connectivity index (χ1v) is 6.23. The van der Waals surface area contributed by atoms with E-state index < -0.39 is 5.91 Å². The summed E-state index contributed by atoms with van der Waals surface area (Å²) in [6.07, 6.45) is 0. The second-order valence-electron chi connectivity index (χ2n) is 4.54. The van der Waals surface area contributed by atoms with Gasteiger partial charge in [-0.15, -0.1) is 4.91 Å². The van der Waals surface area contributed by atoms with Gasteiger partial charge in [-0.3, -0.25) is 19.6 Å². The first kappa shape index (κ1) is 12.3. The van der Waals surface area contributed by atoms with E-state index in [1.54, 1.807) is 4.90 Å². The van der Waals surface area contributed by atoms with Crippen LogP contribution < -0.4 is 5.73 Å². The molecule has 0 aliphatic carbocycles. The third-order valence-corrected chi connectivity index (χ3v) is 3.32. The summed E-state index contributed by atoms with van der Waals surface area (Å²) in [6.45, 7) is 1.39. The minimum atomic E-state index is -0.474. The summed E-state index contributed by atoms with van der Waals surface area (Å²) in [7, 11) is 0. The minimum Gasteiger partial charge on any atom is -0.383 e. The molecule has 1 aromatic rings. The molecule has 3 rings (SSSR count). The predicted octanol–water partition coefficient (Wildman–Crippen LogP) is 0.595. The van der Waals surface area contributed by atoms with E-state index in [0.717, 1.165) is 5.56 Å². The molecule has 0 unspecified atom stereocenters. The summed E-state index contributed by atoms with van der Waals surface area (Å²) in [5.74, 6) is 0.0765. The second-order valence-corrected chi connectivity index (χ2v) is 4.54. The highest BCUT2D eigenvalue weighted by Gasteiger charge is 2.39. The van der Waals surface area contributed by atoms with Crippen LogP contribution in [0.3, 0.4) is 0 Å². The van der Waals surface area contributed by atoms with Crippen molar-refractivity contribution in [3.8, 4) is 0 Å². The topological polar surface area (TPSA) is 91.4 Å². The zero-order chi connectivity index (χ0) is 14.1. The number of guanidine groups is 1. The molecule has 2 N–H and O–H groups in total. The maximum absolute atomic E-state index is 12.0. The molecule has 2 heterocycles. The van der Waals surface area contributed by atoms with Crippen molar-refractivity contribution in [2.75, 3.05) is 13.1 Å². The average Bonchev–Trinajstić information content (AvgIpc) is 2.95. The normalized spacial score (nSPS) is 18.2. The van der Waals surface area contributed by atoms with E-state index in [0.29, 0.717) is 25.6 Å². The van der Waals surface area contributed by atoms with Gasteiger partial charge in [0.25, 0.3) is 5.91 Å². The van der Waals surface area contributed by atoms with Gasteiger partial charge < -0.3 is 5.73 Å². The van der Waals surface area contributed by atoms with Crippen molar-refractivity contribution in [1.29, 1.82) is 0 Å². The van der Waals surface area contributed by atoms with E-state index in [9.17, 15) is 9.70 Å². The molecule has 7 nitrogen and oxygen atoms in total. The van der Waals surface area contributed by atoms with Gasteiger partial charge in [-0.05, 0) is 10.7 Å². The lowest BCUT2D eigenvalue weighted by Gasteiger charge is -2.34. The number of nitroso groups, excluding NO2 is 1. The van der Waals surface area contributed by atoms with Gasteiger partial charge in [-0.25, -0.2) is 0 Å². The van der Waals surface area contributed by atoms with Crippen LogP contribution >= 0.6 is 0 Å². The van der Waals surface area contributed by atoms with Gasteiger partial charge >= 0.3 is 0 Å². The highest BCUT2D eigenvalue weighted by Crippen LogP contribution is 2.24. The van der Waals surface area contributed by atoms with Crippen molar-refractivity contribution in [1.82, 2.24) is 9.80 Å². The van der Waals surface area contributed by atoms with Gasteiger partial charge in [-0.1, -0.05) is 30.3 Å². The third-order valence-electron chi connectivity index (χ3n) is 3.32. The maximum atomic E-state index is 12.0. The molecule has 102 valence electrons. The lowest BCUT2D eigenvalue weighted by Crippen LogP contribution is -2.51. The molecule has 0 radical (unpaired) electrons. The number of carbonyl (C=O) groups is 1. The van der Waals surface area contributed by atoms with E-state index in [-0.39, 0.29) is 11.5 Å². The van der Waals surface area contributed by atoms with Crippen molar-refractivity contribution in [2.45, 2.75) is 6.54 Å². The Kier molecular flexibility index (Phi) is 2.94. The Labute approximate surface area is 115 Å². The van der Waals surface area contributed by atoms with Crippen LogP contribution in [0.5, 0.6) is 0 Å². The molecule has 0 saturated heterocycles. The fraction of sp³-hybridized carbons (Fsp3) is 0.231. The zero-order valence-electron chi connectivity index (χ0n) is 10.7. The Morgan fingerprint density at radius 1 is 1.30 bits per heavy atom. The number of rotatable bonds is 3. The number of benzene rings is 1. The standard InChI is InChI=1S/C13H13N5O2/c14-11-10(16-20)12(19)17-7-6-15-13(17)18(11)8-9-4-2-1-3-5-9/h1-5H,6-8,14H2. The highest BCUT2D eigenvalue weighted by molar-refractivity contribution is 6.09. The van der Waals surface area contributed by atoms with E-state index in [1.165, 1.54) is 4.90 Å². The smallest absolute Gasteiger partial charge is 0.286 e. The van der Waals surface area contributed by atoms with Crippen LogP contribution in [-0.2, 0) is 11.3 Å². The van der Waals surface area contributed by atoms with Crippen molar-refractivity contribution in [3.05, 3.63) is 52.3 Å². The van der Waals surface area contributed by atoms with Crippen LogP contribution in [0.2, 0.25) is 0 Å². The predicted molar refractivity (Wildman–Crippen MR) is 73.0 cm³/mol. The summed E-state index contributed by atoms with van der Waals surface area (Å²) in [5.41, 5.74) is 6.67. The van der Waals surface area contributed by atoms with E-state index >= 15 is 0 Å². The molecule has 2 aliphatic rings. The van der Waals surface area contributed by atoms with Crippen molar-refractivity contribution >= 4 is 11.9 Å². The number of carbonyl (C=O) groups excluding carboxylic acids is 1. The molecular formula is C13H13N5O2. The SMILES string of the molecule is NC1=C(N=O)C(=O)N2CCN=C2N1Cc1ccccc1. The molecule has 0 saturated carbocycles.